The number of carbonyl (C=O) groups excluding carboxylic acids is 2. The van der Waals surface area contributed by atoms with Gasteiger partial charge >= 0.3 is 78.8 Å². The molecular weight excluding hydrogens is 294 g/mol. The summed E-state index contributed by atoms with van der Waals surface area (Å²) in [6.07, 6.45) is 0. The molecule has 0 bridgehead atoms. The summed E-state index contributed by atoms with van der Waals surface area (Å²) in [6, 6.07) is 0. The maximum atomic E-state index is 10.7. The number of nitrogens with zero attached hydrogens (tertiary/aromatic N) is 2. The van der Waals surface area contributed by atoms with Crippen LogP contribution in [-0.2, 0) is 33.4 Å². The largest absolute Gasteiger partial charge is 1.00 e. The van der Waals surface area contributed by atoms with Gasteiger partial charge in [0.2, 0.25) is 0 Å². The first-order valence-corrected chi connectivity index (χ1v) is 5.40. The third-order valence-corrected chi connectivity index (χ3v) is 4.27. The quantitative estimate of drug-likeness (QED) is 0.509. The van der Waals surface area contributed by atoms with Crippen molar-refractivity contribution in [2.24, 2.45) is 0 Å². The molecule has 2 amide bonds. The van der Waals surface area contributed by atoms with Crippen molar-refractivity contribution < 1.29 is 58.2 Å². The first-order valence-electron chi connectivity index (χ1n) is 3.20. The van der Waals surface area contributed by atoms with Crippen molar-refractivity contribution in [2.75, 3.05) is 14.1 Å². The van der Waals surface area contributed by atoms with Gasteiger partial charge in [-0.2, -0.15) is 0 Å². The van der Waals surface area contributed by atoms with E-state index in [0.717, 1.165) is 0 Å². The molecule has 0 aliphatic carbocycles. The van der Waals surface area contributed by atoms with Gasteiger partial charge in [0.15, 0.2) is 0 Å². The summed E-state index contributed by atoms with van der Waals surface area (Å²) in [7, 11) is 3.46. The van der Waals surface area contributed by atoms with Crippen molar-refractivity contribution in [3.63, 3.8) is 0 Å². The van der Waals surface area contributed by atoms with Crippen molar-refractivity contribution in [3.05, 3.63) is 0 Å². The number of rotatable bonds is 2. The molecule has 0 N–H and O–H groups in total. The Morgan fingerprint density at radius 2 is 1.15 bits per heavy atom. The van der Waals surface area contributed by atoms with Gasteiger partial charge in [0.1, 0.15) is 0 Å². The van der Waals surface area contributed by atoms with Crippen molar-refractivity contribution in [3.8, 4) is 0 Å². The number of hydrogen-bond acceptors (Lipinski definition) is 2. The van der Waals surface area contributed by atoms with Gasteiger partial charge in [-0.25, -0.2) is 0 Å². The fourth-order valence-corrected chi connectivity index (χ4v) is 2.16. The zero-order valence-corrected chi connectivity index (χ0v) is 11.9. The van der Waals surface area contributed by atoms with E-state index in [4.69, 9.17) is 0 Å². The molecule has 0 aromatic rings. The number of halogens is 2. The number of hydrogen-bond donors (Lipinski definition) is 0. The molecule has 7 heteroatoms. The van der Waals surface area contributed by atoms with E-state index in [-0.39, 0.29) is 36.6 Å². The van der Waals surface area contributed by atoms with Crippen LogP contribution in [0.15, 0.2) is 0 Å². The number of amides is 2. The van der Waals surface area contributed by atoms with E-state index >= 15 is 0 Å². The molecule has 0 saturated carbocycles. The van der Waals surface area contributed by atoms with Gasteiger partial charge in [-0.15, -0.1) is 0 Å². The van der Waals surface area contributed by atoms with Gasteiger partial charge in [-0.05, 0) is 0 Å². The van der Waals surface area contributed by atoms with E-state index in [2.05, 4.69) is 0 Å². The van der Waals surface area contributed by atoms with E-state index in [1.807, 2.05) is 0 Å². The molecule has 0 aliphatic heterocycles. The maximum absolute atomic E-state index is 10.7. The molecule has 0 fully saturated rings. The molecule has 4 nitrogen and oxygen atoms in total. The summed E-state index contributed by atoms with van der Waals surface area (Å²) in [5, 5.41) is 0. The average molecular weight is 306 g/mol. The first-order chi connectivity index (χ1) is 4.95. The molecule has 0 aliphatic rings. The van der Waals surface area contributed by atoms with Crippen molar-refractivity contribution in [2.45, 2.75) is 13.8 Å². The van der Waals surface area contributed by atoms with Crippen LogP contribution in [-0.4, -0.2) is 31.6 Å². The van der Waals surface area contributed by atoms with Gasteiger partial charge in [-0.3, -0.25) is 0 Å². The minimum atomic E-state index is -1.14. The van der Waals surface area contributed by atoms with Crippen LogP contribution in [0.25, 0.3) is 0 Å². The van der Waals surface area contributed by atoms with Crippen LogP contribution in [0.3, 0.4) is 0 Å². The second-order valence-corrected chi connectivity index (χ2v) is 6.05. The molecule has 0 unspecified atom stereocenters. The Morgan fingerprint density at radius 3 is 1.31 bits per heavy atom. The Bertz CT molecular complexity index is 162. The molecular formula is C6H12Cl2N2O2Zr. The molecule has 0 rings (SSSR count). The standard InChI is InChI=1S/2C3H7NO.2ClH.Zr/c2*1-3(5)4-2;;;/h2*1-2H3,(H,4,5);2*1H;/q;;;;+4/p-4. The molecule has 0 saturated heterocycles. The Hall–Kier alpha value is 0.403. The summed E-state index contributed by atoms with van der Waals surface area (Å²) in [5.74, 6) is 0.0643. The van der Waals surface area contributed by atoms with Crippen molar-refractivity contribution in [1.29, 1.82) is 0 Å². The van der Waals surface area contributed by atoms with Crippen molar-refractivity contribution >= 4 is 11.8 Å². The van der Waals surface area contributed by atoms with Crippen LogP contribution in [0.1, 0.15) is 13.8 Å². The normalized spacial score (nSPS) is 7.08. The van der Waals surface area contributed by atoms with E-state index in [9.17, 15) is 9.59 Å². The van der Waals surface area contributed by atoms with Crippen LogP contribution in [0.2, 0.25) is 0 Å². The zero-order chi connectivity index (χ0) is 9.02. The van der Waals surface area contributed by atoms with E-state index in [1.54, 1.807) is 19.8 Å². The third kappa shape index (κ3) is 8.73. The topological polar surface area (TPSA) is 40.6 Å². The molecule has 0 aromatic carbocycles. The zero-order valence-electron chi connectivity index (χ0n) is 7.97. The van der Waals surface area contributed by atoms with Crippen LogP contribution < -0.4 is 24.8 Å². The summed E-state index contributed by atoms with van der Waals surface area (Å²) in [5.41, 5.74) is 0. The van der Waals surface area contributed by atoms with E-state index < -0.39 is 23.8 Å². The van der Waals surface area contributed by atoms with Gasteiger partial charge in [0.05, 0.1) is 0 Å². The van der Waals surface area contributed by atoms with Crippen LogP contribution in [0, 0.1) is 0 Å². The minimum Gasteiger partial charge on any atom is -1.00 e. The van der Waals surface area contributed by atoms with Crippen LogP contribution in [0.4, 0.5) is 0 Å². The molecule has 0 heterocycles. The van der Waals surface area contributed by atoms with Crippen LogP contribution >= 0.6 is 0 Å². The fraction of sp³-hybridized carbons (Fsp3) is 0.667. The average Bonchev–Trinajstić information content (AvgIpc) is 1.87. The summed E-state index contributed by atoms with van der Waals surface area (Å²) in [6.45, 7) is 3.02. The Kier molecular flexibility index (Phi) is 13.2. The Labute approximate surface area is 103 Å². The third-order valence-electron chi connectivity index (χ3n) is 1.24. The molecule has 0 spiro atoms. The SMILES string of the molecule is CC(=O)[N](C)[Zr+2][N](C)C(C)=O.[Cl-].[Cl-]. The molecule has 13 heavy (non-hydrogen) atoms. The molecule has 0 radical (unpaired) electrons. The first kappa shape index (κ1) is 19.1. The van der Waals surface area contributed by atoms with Crippen molar-refractivity contribution in [1.82, 2.24) is 5.69 Å². The Balaban J connectivity index is -0.000000500. The van der Waals surface area contributed by atoms with E-state index in [1.165, 1.54) is 13.8 Å². The maximum Gasteiger partial charge on any atom is -1.00 e. The monoisotopic (exact) mass is 304 g/mol. The summed E-state index contributed by atoms with van der Waals surface area (Å²) >= 11 is -1.14. The van der Waals surface area contributed by atoms with Gasteiger partial charge in [0, 0.05) is 0 Å². The Morgan fingerprint density at radius 1 is 0.923 bits per heavy atom. The molecule has 0 aromatic heterocycles. The van der Waals surface area contributed by atoms with Gasteiger partial charge < -0.3 is 24.8 Å². The molecule has 76 valence electrons. The van der Waals surface area contributed by atoms with Gasteiger partial charge in [-0.1, -0.05) is 0 Å². The predicted molar refractivity (Wildman–Crippen MR) is 36.9 cm³/mol. The molecule has 0 atom stereocenters. The van der Waals surface area contributed by atoms with Crippen LogP contribution in [0.5, 0.6) is 0 Å². The number of carbonyl (C=O) groups is 2. The summed E-state index contributed by atoms with van der Waals surface area (Å²) in [4.78, 5) is 21.5. The minimum absolute atomic E-state index is 0. The van der Waals surface area contributed by atoms with Gasteiger partial charge in [0.25, 0.3) is 0 Å². The second-order valence-electron chi connectivity index (χ2n) is 2.26. The second kappa shape index (κ2) is 8.98. The predicted octanol–water partition coefficient (Wildman–Crippen LogP) is -6.14. The smallest absolute Gasteiger partial charge is 1.00 e. The van der Waals surface area contributed by atoms with E-state index in [0.29, 0.717) is 0 Å². The fourth-order valence-electron chi connectivity index (χ4n) is 0.366. The summed E-state index contributed by atoms with van der Waals surface area (Å²) < 4.78 is 3.29.